The van der Waals surface area contributed by atoms with E-state index in [4.69, 9.17) is 16.3 Å². The second-order valence-electron chi connectivity index (χ2n) is 11.2. The van der Waals surface area contributed by atoms with E-state index in [9.17, 15) is 15.0 Å². The zero-order valence-electron chi connectivity index (χ0n) is 27.1. The van der Waals surface area contributed by atoms with Gasteiger partial charge in [0.05, 0.1) is 5.02 Å². The summed E-state index contributed by atoms with van der Waals surface area (Å²) in [6.07, 6.45) is 36.3. The molecule has 2 N–H and O–H groups in total. The minimum absolute atomic E-state index is 0.0710. The van der Waals surface area contributed by atoms with Gasteiger partial charge in [-0.25, -0.2) is 4.79 Å². The standard InChI is InChI=1S/C40H51ClO4/c1-3-5-7-8-9-15-18-22-26-35-38(43)31-34(25-20-6-4-2)32-39(35)45-40(44)27-23-19-16-13-11-10-12-14-17-21-24-33-28-29-37(42)36(41)30-33/h10-14,16-17,19,21,23-24,27-32,42-43H,3-9,15,18,20,22,25-26H2,1-2H3. The van der Waals surface area contributed by atoms with Gasteiger partial charge in [-0.1, -0.05) is 156 Å². The Bertz CT molecular complexity index is 1330. The summed E-state index contributed by atoms with van der Waals surface area (Å²) in [4.78, 5) is 12.6. The highest BCUT2D eigenvalue weighted by Gasteiger charge is 2.14. The third-order valence-electron chi connectivity index (χ3n) is 7.30. The van der Waals surface area contributed by atoms with E-state index in [0.29, 0.717) is 17.2 Å². The number of hydrogen-bond donors (Lipinski definition) is 2. The number of rotatable bonds is 21. The molecule has 0 heterocycles. The number of esters is 1. The van der Waals surface area contributed by atoms with Crippen LogP contribution in [-0.4, -0.2) is 16.2 Å². The van der Waals surface area contributed by atoms with Gasteiger partial charge >= 0.3 is 5.97 Å². The molecule has 0 radical (unpaired) electrons. The molecule has 0 spiro atoms. The van der Waals surface area contributed by atoms with E-state index in [2.05, 4.69) is 13.8 Å². The molecule has 0 bridgehead atoms. The van der Waals surface area contributed by atoms with Crippen LogP contribution in [-0.2, 0) is 17.6 Å². The average molecular weight is 631 g/mol. The van der Waals surface area contributed by atoms with Crippen LogP contribution >= 0.6 is 11.6 Å². The molecule has 5 heteroatoms. The van der Waals surface area contributed by atoms with Gasteiger partial charge in [0.2, 0.25) is 0 Å². The first-order valence-corrected chi connectivity index (χ1v) is 16.9. The summed E-state index contributed by atoms with van der Waals surface area (Å²) in [6, 6.07) is 8.83. The zero-order chi connectivity index (χ0) is 32.5. The summed E-state index contributed by atoms with van der Waals surface area (Å²) in [5.74, 6) is 0.313. The van der Waals surface area contributed by atoms with Crippen LogP contribution in [0.5, 0.6) is 17.2 Å². The third-order valence-corrected chi connectivity index (χ3v) is 7.60. The molecule has 0 amide bonds. The fourth-order valence-electron chi connectivity index (χ4n) is 4.77. The highest BCUT2D eigenvalue weighted by Crippen LogP contribution is 2.33. The van der Waals surface area contributed by atoms with Crippen molar-refractivity contribution in [2.45, 2.75) is 97.3 Å². The Labute approximate surface area is 276 Å². The summed E-state index contributed by atoms with van der Waals surface area (Å²) in [7, 11) is 0. The summed E-state index contributed by atoms with van der Waals surface area (Å²) in [6.45, 7) is 4.40. The Balaban J connectivity index is 1.86. The Morgan fingerprint density at radius 2 is 1.22 bits per heavy atom. The molecular weight excluding hydrogens is 580 g/mol. The minimum atomic E-state index is -0.460. The van der Waals surface area contributed by atoms with Crippen molar-refractivity contribution in [3.63, 3.8) is 0 Å². The number of ether oxygens (including phenoxy) is 1. The maximum atomic E-state index is 12.6. The highest BCUT2D eigenvalue weighted by atomic mass is 35.5. The summed E-state index contributed by atoms with van der Waals surface area (Å²) in [5.41, 5.74) is 2.63. The van der Waals surface area contributed by atoms with Crippen LogP contribution in [0.3, 0.4) is 0 Å². The number of phenolic OH excluding ortho intramolecular Hbond substituents is 2. The molecule has 2 aromatic rings. The van der Waals surface area contributed by atoms with Gasteiger partial charge in [0.25, 0.3) is 0 Å². The molecule has 0 fully saturated rings. The van der Waals surface area contributed by atoms with Crippen LogP contribution in [0.25, 0.3) is 6.08 Å². The smallest absolute Gasteiger partial charge is 0.336 e. The van der Waals surface area contributed by atoms with Gasteiger partial charge in [-0.15, -0.1) is 0 Å². The van der Waals surface area contributed by atoms with Crippen LogP contribution in [0, 0.1) is 0 Å². The largest absolute Gasteiger partial charge is 0.508 e. The van der Waals surface area contributed by atoms with Crippen molar-refractivity contribution in [1.82, 2.24) is 0 Å². The Hall–Kier alpha value is -3.76. The summed E-state index contributed by atoms with van der Waals surface area (Å²) >= 11 is 5.91. The van der Waals surface area contributed by atoms with Crippen molar-refractivity contribution in [3.05, 3.63) is 119 Å². The maximum Gasteiger partial charge on any atom is 0.336 e. The molecule has 0 aliphatic heterocycles. The number of unbranched alkanes of at least 4 members (excludes halogenated alkanes) is 9. The lowest BCUT2D eigenvalue weighted by Gasteiger charge is -2.14. The fraction of sp³-hybridized carbons (Fsp3) is 0.375. The monoisotopic (exact) mass is 630 g/mol. The van der Waals surface area contributed by atoms with Gasteiger partial charge in [-0.2, -0.15) is 0 Å². The van der Waals surface area contributed by atoms with E-state index in [1.165, 1.54) is 44.6 Å². The van der Waals surface area contributed by atoms with E-state index in [1.807, 2.05) is 66.8 Å². The van der Waals surface area contributed by atoms with Crippen LogP contribution in [0.4, 0.5) is 0 Å². The molecule has 0 saturated carbocycles. The molecule has 2 aromatic carbocycles. The molecule has 0 aliphatic rings. The second-order valence-corrected chi connectivity index (χ2v) is 11.6. The number of phenols is 2. The summed E-state index contributed by atoms with van der Waals surface area (Å²) in [5, 5.41) is 20.6. The van der Waals surface area contributed by atoms with E-state index >= 15 is 0 Å². The van der Waals surface area contributed by atoms with Gasteiger partial charge in [0.15, 0.2) is 0 Å². The van der Waals surface area contributed by atoms with Gasteiger partial charge in [0, 0.05) is 11.6 Å². The van der Waals surface area contributed by atoms with Crippen molar-refractivity contribution in [2.75, 3.05) is 0 Å². The lowest BCUT2D eigenvalue weighted by molar-refractivity contribution is -0.129. The molecule has 0 aromatic heterocycles. The van der Waals surface area contributed by atoms with Gasteiger partial charge in [-0.05, 0) is 61.1 Å². The molecule has 0 atom stereocenters. The number of benzene rings is 2. The quantitative estimate of drug-likeness (QED) is 0.0473. The van der Waals surface area contributed by atoms with Crippen LogP contribution in [0.2, 0.25) is 5.02 Å². The Kier molecular flexibility index (Phi) is 19.6. The third kappa shape index (κ3) is 16.8. The number of hydrogen-bond acceptors (Lipinski definition) is 4. The van der Waals surface area contributed by atoms with Crippen molar-refractivity contribution in [2.24, 2.45) is 0 Å². The molecular formula is C40H51ClO4. The Morgan fingerprint density at radius 3 is 1.87 bits per heavy atom. The van der Waals surface area contributed by atoms with Crippen LogP contribution in [0.1, 0.15) is 101 Å². The number of halogens is 1. The van der Waals surface area contributed by atoms with Gasteiger partial charge in [-0.3, -0.25) is 0 Å². The zero-order valence-corrected chi connectivity index (χ0v) is 27.9. The normalized spacial score (nSPS) is 12.3. The van der Waals surface area contributed by atoms with Crippen molar-refractivity contribution >= 4 is 23.6 Å². The Morgan fingerprint density at radius 1 is 0.667 bits per heavy atom. The first-order valence-electron chi connectivity index (χ1n) is 16.5. The number of allylic oxidation sites excluding steroid dienone is 10. The first kappa shape index (κ1) is 37.4. The van der Waals surface area contributed by atoms with Crippen molar-refractivity contribution in [1.29, 1.82) is 0 Å². The molecule has 2 rings (SSSR count). The molecule has 45 heavy (non-hydrogen) atoms. The lowest BCUT2D eigenvalue weighted by Crippen LogP contribution is -2.07. The topological polar surface area (TPSA) is 66.8 Å². The molecule has 0 saturated heterocycles. The summed E-state index contributed by atoms with van der Waals surface area (Å²) < 4.78 is 5.75. The maximum absolute atomic E-state index is 12.6. The van der Waals surface area contributed by atoms with E-state index in [-0.39, 0.29) is 11.5 Å². The number of carbonyl (C=O) groups excluding carboxylic acids is 1. The number of aromatic hydroxyl groups is 2. The molecule has 4 nitrogen and oxygen atoms in total. The van der Waals surface area contributed by atoms with Gasteiger partial charge < -0.3 is 14.9 Å². The van der Waals surface area contributed by atoms with E-state index in [1.54, 1.807) is 30.4 Å². The average Bonchev–Trinajstić information content (AvgIpc) is 3.02. The molecule has 0 unspecified atom stereocenters. The van der Waals surface area contributed by atoms with Crippen molar-refractivity contribution < 1.29 is 19.7 Å². The van der Waals surface area contributed by atoms with E-state index in [0.717, 1.165) is 55.2 Å². The second kappa shape index (κ2) is 23.6. The van der Waals surface area contributed by atoms with Crippen LogP contribution < -0.4 is 4.74 Å². The SMILES string of the molecule is CCCCCCCCCCc1c(O)cc(CCCCC)cc1OC(=O)C=CC=CC=CC=CC=CC=Cc1ccc(O)c(Cl)c1. The van der Waals surface area contributed by atoms with Gasteiger partial charge in [0.1, 0.15) is 17.2 Å². The fourth-order valence-corrected chi connectivity index (χ4v) is 4.96. The van der Waals surface area contributed by atoms with E-state index < -0.39 is 5.97 Å². The molecule has 0 aliphatic carbocycles. The minimum Gasteiger partial charge on any atom is -0.508 e. The van der Waals surface area contributed by atoms with Crippen molar-refractivity contribution in [3.8, 4) is 17.2 Å². The first-order chi connectivity index (χ1) is 21.9. The number of aryl methyl sites for hydroxylation is 1. The lowest BCUT2D eigenvalue weighted by atomic mass is 9.99. The molecule has 242 valence electrons. The predicted octanol–water partition coefficient (Wildman–Crippen LogP) is 11.6. The predicted molar refractivity (Wildman–Crippen MR) is 191 cm³/mol. The number of carbonyl (C=O) groups is 1. The van der Waals surface area contributed by atoms with Crippen LogP contribution in [0.15, 0.2) is 97.2 Å². The highest BCUT2D eigenvalue weighted by molar-refractivity contribution is 6.32.